The lowest BCUT2D eigenvalue weighted by atomic mass is 9.99. The van der Waals surface area contributed by atoms with Crippen LogP contribution >= 0.6 is 0 Å². The fourth-order valence-electron chi connectivity index (χ4n) is 4.18. The van der Waals surface area contributed by atoms with E-state index < -0.39 is 0 Å². The van der Waals surface area contributed by atoms with E-state index in [1.54, 1.807) is 0 Å². The van der Waals surface area contributed by atoms with Crippen molar-refractivity contribution in [1.29, 1.82) is 0 Å². The maximum Gasteiger partial charge on any atom is 0.254 e. The Morgan fingerprint density at radius 2 is 1.81 bits per heavy atom. The molecule has 4 nitrogen and oxygen atoms in total. The van der Waals surface area contributed by atoms with Gasteiger partial charge in [-0.3, -0.25) is 4.79 Å². The number of imidazole rings is 1. The average molecular weight is 347 g/mol. The SMILES string of the molecule is Cc1cc(C)cc(C2CCCN2C(=O)c2ccc3c(c2)nc(C)n3C)c1. The van der Waals surface area contributed by atoms with Crippen LogP contribution in [0.4, 0.5) is 0 Å². The van der Waals surface area contributed by atoms with Crippen LogP contribution in [-0.4, -0.2) is 26.9 Å². The molecule has 134 valence electrons. The highest BCUT2D eigenvalue weighted by atomic mass is 16.2. The zero-order valence-corrected chi connectivity index (χ0v) is 15.9. The number of amides is 1. The smallest absolute Gasteiger partial charge is 0.254 e. The second-order valence-electron chi connectivity index (χ2n) is 7.50. The summed E-state index contributed by atoms with van der Waals surface area (Å²) in [5.41, 5.74) is 6.44. The van der Waals surface area contributed by atoms with Gasteiger partial charge >= 0.3 is 0 Å². The normalized spacial score (nSPS) is 17.2. The molecule has 3 aromatic rings. The highest BCUT2D eigenvalue weighted by molar-refractivity contribution is 5.97. The van der Waals surface area contributed by atoms with Crippen molar-refractivity contribution in [3.05, 3.63) is 64.5 Å². The molecule has 4 heteroatoms. The maximum absolute atomic E-state index is 13.2. The number of aromatic nitrogens is 2. The van der Waals surface area contributed by atoms with Crippen LogP contribution in [0.25, 0.3) is 11.0 Å². The van der Waals surface area contributed by atoms with Gasteiger partial charge in [-0.05, 0) is 57.4 Å². The van der Waals surface area contributed by atoms with Crippen molar-refractivity contribution in [2.75, 3.05) is 6.54 Å². The summed E-state index contributed by atoms with van der Waals surface area (Å²) in [6.45, 7) is 7.04. The van der Waals surface area contributed by atoms with E-state index >= 15 is 0 Å². The van der Waals surface area contributed by atoms with Crippen molar-refractivity contribution in [3.8, 4) is 0 Å². The van der Waals surface area contributed by atoms with Gasteiger partial charge in [0.05, 0.1) is 17.1 Å². The Morgan fingerprint density at radius 1 is 1.08 bits per heavy atom. The van der Waals surface area contributed by atoms with Gasteiger partial charge in [0.1, 0.15) is 5.82 Å². The van der Waals surface area contributed by atoms with Crippen molar-refractivity contribution >= 4 is 16.9 Å². The topological polar surface area (TPSA) is 38.1 Å². The molecule has 0 bridgehead atoms. The van der Waals surface area contributed by atoms with Gasteiger partial charge in [0, 0.05) is 19.2 Å². The van der Waals surface area contributed by atoms with E-state index in [9.17, 15) is 4.79 Å². The van der Waals surface area contributed by atoms with Gasteiger partial charge in [-0.25, -0.2) is 4.98 Å². The molecule has 0 spiro atoms. The van der Waals surface area contributed by atoms with E-state index in [1.165, 1.54) is 16.7 Å². The second kappa shape index (κ2) is 6.27. The van der Waals surface area contributed by atoms with Crippen molar-refractivity contribution in [2.24, 2.45) is 7.05 Å². The Morgan fingerprint density at radius 3 is 2.54 bits per heavy atom. The number of carbonyl (C=O) groups is 1. The summed E-state index contributed by atoms with van der Waals surface area (Å²) in [5.74, 6) is 1.07. The van der Waals surface area contributed by atoms with Crippen LogP contribution in [0.1, 0.15) is 51.8 Å². The first-order valence-electron chi connectivity index (χ1n) is 9.26. The van der Waals surface area contributed by atoms with Crippen LogP contribution in [0.5, 0.6) is 0 Å². The van der Waals surface area contributed by atoms with Gasteiger partial charge in [-0.2, -0.15) is 0 Å². The van der Waals surface area contributed by atoms with Crippen LogP contribution in [0.3, 0.4) is 0 Å². The summed E-state index contributed by atoms with van der Waals surface area (Å²) in [6, 6.07) is 12.7. The first-order chi connectivity index (χ1) is 12.4. The van der Waals surface area contributed by atoms with Gasteiger partial charge in [0.2, 0.25) is 0 Å². The molecule has 4 rings (SSSR count). The Bertz CT molecular complexity index is 982. The maximum atomic E-state index is 13.2. The summed E-state index contributed by atoms with van der Waals surface area (Å²) < 4.78 is 2.05. The number of hydrogen-bond donors (Lipinski definition) is 0. The number of benzene rings is 2. The van der Waals surface area contributed by atoms with E-state index in [2.05, 4.69) is 41.6 Å². The molecule has 1 aliphatic rings. The number of carbonyl (C=O) groups excluding carboxylic acids is 1. The molecule has 1 atom stereocenters. The lowest BCUT2D eigenvalue weighted by molar-refractivity contribution is 0.0735. The lowest BCUT2D eigenvalue weighted by Gasteiger charge is -2.26. The number of nitrogens with zero attached hydrogens (tertiary/aromatic N) is 3. The quantitative estimate of drug-likeness (QED) is 0.686. The summed E-state index contributed by atoms with van der Waals surface area (Å²) in [5, 5.41) is 0. The zero-order chi connectivity index (χ0) is 18.4. The summed E-state index contributed by atoms with van der Waals surface area (Å²) in [7, 11) is 2.00. The Labute approximate surface area is 154 Å². The minimum Gasteiger partial charge on any atom is -0.332 e. The minimum atomic E-state index is 0.108. The largest absolute Gasteiger partial charge is 0.332 e. The van der Waals surface area contributed by atoms with Gasteiger partial charge in [0.15, 0.2) is 0 Å². The third kappa shape index (κ3) is 2.79. The molecule has 0 N–H and O–H groups in total. The Kier molecular flexibility index (Phi) is 4.06. The fraction of sp³-hybridized carbons (Fsp3) is 0.364. The number of hydrogen-bond acceptors (Lipinski definition) is 2. The predicted molar refractivity (Wildman–Crippen MR) is 104 cm³/mol. The van der Waals surface area contributed by atoms with Gasteiger partial charge in [-0.15, -0.1) is 0 Å². The molecule has 26 heavy (non-hydrogen) atoms. The molecule has 2 aromatic carbocycles. The molecule has 1 aliphatic heterocycles. The predicted octanol–water partition coefficient (Wildman–Crippen LogP) is 4.48. The minimum absolute atomic E-state index is 0.108. The average Bonchev–Trinajstić information content (AvgIpc) is 3.19. The molecular weight excluding hydrogens is 322 g/mol. The van der Waals surface area contributed by atoms with Crippen molar-refractivity contribution in [2.45, 2.75) is 39.7 Å². The van der Waals surface area contributed by atoms with Crippen LogP contribution in [0.15, 0.2) is 36.4 Å². The number of rotatable bonds is 2. The highest BCUT2D eigenvalue weighted by Crippen LogP contribution is 2.34. The van der Waals surface area contributed by atoms with Gasteiger partial charge in [-0.1, -0.05) is 29.3 Å². The summed E-state index contributed by atoms with van der Waals surface area (Å²) in [4.78, 5) is 19.8. The first kappa shape index (κ1) is 16.8. The standard InChI is InChI=1S/C22H25N3O/c1-14-10-15(2)12-18(11-14)20-6-5-9-25(20)22(26)17-7-8-21-19(13-17)23-16(3)24(21)4/h7-8,10-13,20H,5-6,9H2,1-4H3. The Balaban J connectivity index is 1.68. The van der Waals surface area contributed by atoms with Crippen molar-refractivity contribution in [1.82, 2.24) is 14.5 Å². The molecule has 0 aliphatic carbocycles. The molecule has 1 unspecified atom stereocenters. The second-order valence-corrected chi connectivity index (χ2v) is 7.50. The van der Waals surface area contributed by atoms with E-state index in [0.29, 0.717) is 0 Å². The van der Waals surface area contributed by atoms with Gasteiger partial charge in [0.25, 0.3) is 5.91 Å². The van der Waals surface area contributed by atoms with Crippen LogP contribution in [-0.2, 0) is 7.05 Å². The molecule has 0 saturated carbocycles. The molecule has 2 heterocycles. The highest BCUT2D eigenvalue weighted by Gasteiger charge is 2.31. The number of likely N-dealkylation sites (tertiary alicyclic amines) is 1. The number of aryl methyl sites for hydroxylation is 4. The first-order valence-corrected chi connectivity index (χ1v) is 9.26. The van der Waals surface area contributed by atoms with Crippen molar-refractivity contribution < 1.29 is 4.79 Å². The van der Waals surface area contributed by atoms with E-state index in [-0.39, 0.29) is 11.9 Å². The van der Waals surface area contributed by atoms with E-state index in [4.69, 9.17) is 0 Å². The monoisotopic (exact) mass is 347 g/mol. The molecule has 0 radical (unpaired) electrons. The molecular formula is C22H25N3O. The Hall–Kier alpha value is -2.62. The zero-order valence-electron chi connectivity index (χ0n) is 15.9. The summed E-state index contributed by atoms with van der Waals surface area (Å²) >= 11 is 0. The third-order valence-corrected chi connectivity index (χ3v) is 5.49. The van der Waals surface area contributed by atoms with Crippen molar-refractivity contribution in [3.63, 3.8) is 0 Å². The fourth-order valence-corrected chi connectivity index (χ4v) is 4.18. The van der Waals surface area contributed by atoms with Crippen LogP contribution in [0.2, 0.25) is 0 Å². The van der Waals surface area contributed by atoms with Gasteiger partial charge < -0.3 is 9.47 Å². The third-order valence-electron chi connectivity index (χ3n) is 5.49. The molecule has 1 aromatic heterocycles. The summed E-state index contributed by atoms with van der Waals surface area (Å²) in [6.07, 6.45) is 2.08. The van der Waals surface area contributed by atoms with E-state index in [1.807, 2.05) is 37.1 Å². The van der Waals surface area contributed by atoms with Crippen LogP contribution < -0.4 is 0 Å². The lowest BCUT2D eigenvalue weighted by Crippen LogP contribution is -2.30. The molecule has 1 saturated heterocycles. The van der Waals surface area contributed by atoms with E-state index in [0.717, 1.165) is 41.8 Å². The molecule has 1 fully saturated rings. The number of fused-ring (bicyclic) bond motifs is 1. The molecule has 1 amide bonds. The van der Waals surface area contributed by atoms with Crippen LogP contribution in [0, 0.1) is 20.8 Å².